The van der Waals surface area contributed by atoms with E-state index in [2.05, 4.69) is 18.8 Å². The van der Waals surface area contributed by atoms with Crippen molar-refractivity contribution in [1.29, 1.82) is 0 Å². The molecule has 7 heteroatoms. The molecule has 0 fully saturated rings. The van der Waals surface area contributed by atoms with Crippen LogP contribution in [0.3, 0.4) is 0 Å². The topological polar surface area (TPSA) is 81.1 Å². The molecule has 7 nitrogen and oxygen atoms in total. The number of aromatic hydroxyl groups is 1. The fourth-order valence-electron chi connectivity index (χ4n) is 2.11. The second kappa shape index (κ2) is 10.1. The maximum atomic E-state index is 12.6. The van der Waals surface area contributed by atoms with Crippen molar-refractivity contribution in [1.82, 2.24) is 9.88 Å². The van der Waals surface area contributed by atoms with Crippen LogP contribution in [0.1, 0.15) is 26.0 Å². The summed E-state index contributed by atoms with van der Waals surface area (Å²) in [6.07, 6.45) is 1.74. The summed E-state index contributed by atoms with van der Waals surface area (Å²) in [7, 11) is 3.06. The monoisotopic (exact) mass is 326 g/mol. The molecule has 1 aromatic heterocycles. The van der Waals surface area contributed by atoms with Gasteiger partial charge in [-0.25, -0.2) is 0 Å². The van der Waals surface area contributed by atoms with Crippen molar-refractivity contribution in [3.8, 4) is 5.75 Å². The highest BCUT2D eigenvalue weighted by molar-refractivity contribution is 5.78. The second-order valence-electron chi connectivity index (χ2n) is 5.62. The molecule has 1 rings (SSSR count). The SMILES string of the molecule is COCO[C@H](CC(C)C)N(COC)C(=O)Cc1cc(O)ccn1. The van der Waals surface area contributed by atoms with Gasteiger partial charge in [0.15, 0.2) is 0 Å². The number of carbonyl (C=O) groups is 1. The summed E-state index contributed by atoms with van der Waals surface area (Å²) >= 11 is 0. The Hall–Kier alpha value is -1.70. The normalized spacial score (nSPS) is 12.4. The Bertz CT molecular complexity index is 481. The van der Waals surface area contributed by atoms with Crippen molar-refractivity contribution in [3.63, 3.8) is 0 Å². The summed E-state index contributed by atoms with van der Waals surface area (Å²) in [6.45, 7) is 4.30. The summed E-state index contributed by atoms with van der Waals surface area (Å²) in [5.74, 6) is 0.227. The highest BCUT2D eigenvalue weighted by Crippen LogP contribution is 2.16. The average molecular weight is 326 g/mol. The van der Waals surface area contributed by atoms with Crippen LogP contribution in [0.5, 0.6) is 5.75 Å². The molecule has 0 unspecified atom stereocenters. The molecule has 0 aliphatic rings. The van der Waals surface area contributed by atoms with Crippen molar-refractivity contribution in [3.05, 3.63) is 24.0 Å². The molecule has 1 amide bonds. The lowest BCUT2D eigenvalue weighted by molar-refractivity contribution is -0.175. The zero-order valence-electron chi connectivity index (χ0n) is 14.2. The third-order valence-corrected chi connectivity index (χ3v) is 3.12. The molecule has 0 bridgehead atoms. The third kappa shape index (κ3) is 6.94. The molecule has 0 aliphatic heterocycles. The first-order valence-electron chi connectivity index (χ1n) is 7.50. The number of ether oxygens (including phenoxy) is 3. The van der Waals surface area contributed by atoms with Crippen LogP contribution < -0.4 is 0 Å². The Morgan fingerprint density at radius 1 is 1.35 bits per heavy atom. The molecule has 130 valence electrons. The van der Waals surface area contributed by atoms with Crippen molar-refractivity contribution >= 4 is 5.91 Å². The van der Waals surface area contributed by atoms with E-state index >= 15 is 0 Å². The fourth-order valence-corrected chi connectivity index (χ4v) is 2.11. The minimum atomic E-state index is -0.445. The minimum absolute atomic E-state index is 0.0582. The van der Waals surface area contributed by atoms with E-state index in [1.54, 1.807) is 0 Å². The van der Waals surface area contributed by atoms with E-state index in [1.165, 1.54) is 37.4 Å². The van der Waals surface area contributed by atoms with Crippen molar-refractivity contribution in [2.24, 2.45) is 5.92 Å². The molecule has 0 saturated carbocycles. The number of methoxy groups -OCH3 is 2. The zero-order valence-corrected chi connectivity index (χ0v) is 14.2. The van der Waals surface area contributed by atoms with E-state index in [0.29, 0.717) is 18.0 Å². The molecule has 0 aromatic carbocycles. The number of rotatable bonds is 10. The van der Waals surface area contributed by atoms with Gasteiger partial charge in [0.05, 0.1) is 12.1 Å². The Morgan fingerprint density at radius 3 is 2.65 bits per heavy atom. The number of nitrogens with zero attached hydrogens (tertiary/aromatic N) is 2. The van der Waals surface area contributed by atoms with E-state index in [0.717, 1.165) is 0 Å². The minimum Gasteiger partial charge on any atom is -0.508 e. The van der Waals surface area contributed by atoms with Gasteiger partial charge in [-0.15, -0.1) is 0 Å². The van der Waals surface area contributed by atoms with Crippen molar-refractivity contribution in [2.45, 2.75) is 32.9 Å². The lowest BCUT2D eigenvalue weighted by Crippen LogP contribution is -2.45. The van der Waals surface area contributed by atoms with Crippen LogP contribution in [-0.2, 0) is 25.4 Å². The van der Waals surface area contributed by atoms with Gasteiger partial charge in [0.2, 0.25) is 5.91 Å². The second-order valence-corrected chi connectivity index (χ2v) is 5.62. The van der Waals surface area contributed by atoms with Crippen LogP contribution in [0.4, 0.5) is 0 Å². The molecule has 0 saturated heterocycles. The smallest absolute Gasteiger partial charge is 0.232 e. The molecule has 1 heterocycles. The van der Waals surface area contributed by atoms with Crippen molar-refractivity contribution < 1.29 is 24.1 Å². The third-order valence-electron chi connectivity index (χ3n) is 3.12. The summed E-state index contributed by atoms with van der Waals surface area (Å²) in [4.78, 5) is 18.2. The number of hydrogen-bond acceptors (Lipinski definition) is 6. The molecule has 1 atom stereocenters. The van der Waals surface area contributed by atoms with Gasteiger partial charge in [-0.05, 0) is 18.4 Å². The van der Waals surface area contributed by atoms with Crippen molar-refractivity contribution in [2.75, 3.05) is 27.7 Å². The Labute approximate surface area is 137 Å². The van der Waals surface area contributed by atoms with E-state index in [1.807, 2.05) is 0 Å². The maximum absolute atomic E-state index is 12.6. The molecular formula is C16H26N2O5. The molecule has 23 heavy (non-hydrogen) atoms. The van der Waals surface area contributed by atoms with Crippen LogP contribution in [0, 0.1) is 5.92 Å². The highest BCUT2D eigenvalue weighted by Gasteiger charge is 2.25. The standard InChI is InChI=1S/C16H26N2O5/c1-12(2)7-16(23-11-22-4)18(10-21-3)15(20)9-13-8-14(19)5-6-17-13/h5-6,8,12,16H,7,9-11H2,1-4H3,(H,17,19)/t16-/m1/s1. The van der Waals surface area contributed by atoms with Crippen LogP contribution >= 0.6 is 0 Å². The summed E-state index contributed by atoms with van der Waals surface area (Å²) < 4.78 is 15.7. The van der Waals surface area contributed by atoms with Gasteiger partial charge in [-0.2, -0.15) is 0 Å². The molecule has 1 aromatic rings. The van der Waals surface area contributed by atoms with E-state index in [9.17, 15) is 9.90 Å². The first-order valence-corrected chi connectivity index (χ1v) is 7.50. The Balaban J connectivity index is 2.84. The molecule has 1 N–H and O–H groups in total. The van der Waals surface area contributed by atoms with Crippen LogP contribution in [0.15, 0.2) is 18.3 Å². The van der Waals surface area contributed by atoms with Crippen LogP contribution in [0.25, 0.3) is 0 Å². The first-order chi connectivity index (χ1) is 11.0. The lowest BCUT2D eigenvalue weighted by Gasteiger charge is -2.32. The van der Waals surface area contributed by atoms with E-state index in [-0.39, 0.29) is 31.6 Å². The maximum Gasteiger partial charge on any atom is 0.232 e. The van der Waals surface area contributed by atoms with Gasteiger partial charge in [0.25, 0.3) is 0 Å². The number of hydrogen-bond donors (Lipinski definition) is 1. The van der Waals surface area contributed by atoms with E-state index in [4.69, 9.17) is 14.2 Å². The predicted molar refractivity (Wildman–Crippen MR) is 84.5 cm³/mol. The van der Waals surface area contributed by atoms with E-state index < -0.39 is 6.23 Å². The van der Waals surface area contributed by atoms with Crippen LogP contribution in [-0.4, -0.2) is 54.9 Å². The van der Waals surface area contributed by atoms with Gasteiger partial charge < -0.3 is 19.3 Å². The molecule has 0 aliphatic carbocycles. The highest BCUT2D eigenvalue weighted by atomic mass is 16.7. The summed E-state index contributed by atoms with van der Waals surface area (Å²) in [6, 6.07) is 2.93. The molecule has 0 spiro atoms. The number of aromatic nitrogens is 1. The number of carbonyl (C=O) groups excluding carboxylic acids is 1. The largest absolute Gasteiger partial charge is 0.508 e. The Morgan fingerprint density at radius 2 is 2.09 bits per heavy atom. The first kappa shape index (κ1) is 19.3. The van der Waals surface area contributed by atoms with Gasteiger partial charge in [0, 0.05) is 26.5 Å². The number of amides is 1. The fraction of sp³-hybridized carbons (Fsp3) is 0.625. The summed E-state index contributed by atoms with van der Waals surface area (Å²) in [5.41, 5.74) is 0.492. The summed E-state index contributed by atoms with van der Waals surface area (Å²) in [5, 5.41) is 9.48. The number of pyridine rings is 1. The van der Waals surface area contributed by atoms with Gasteiger partial charge >= 0.3 is 0 Å². The molecule has 0 radical (unpaired) electrons. The van der Waals surface area contributed by atoms with Crippen LogP contribution in [0.2, 0.25) is 0 Å². The Kier molecular flexibility index (Phi) is 8.53. The van der Waals surface area contributed by atoms with Gasteiger partial charge in [-0.3, -0.25) is 14.7 Å². The lowest BCUT2D eigenvalue weighted by atomic mass is 10.1. The van der Waals surface area contributed by atoms with Gasteiger partial charge in [0.1, 0.15) is 25.5 Å². The molecular weight excluding hydrogens is 300 g/mol. The zero-order chi connectivity index (χ0) is 17.2. The predicted octanol–water partition coefficient (Wildman–Crippen LogP) is 1.75. The average Bonchev–Trinajstić information content (AvgIpc) is 2.48. The quantitative estimate of drug-likeness (QED) is 0.660. The van der Waals surface area contributed by atoms with Gasteiger partial charge in [-0.1, -0.05) is 13.8 Å².